The molecule has 1 atom stereocenters. The van der Waals surface area contributed by atoms with Crippen LogP contribution in [0.4, 0.5) is 0 Å². The molecule has 0 radical (unpaired) electrons. The van der Waals surface area contributed by atoms with Crippen molar-refractivity contribution in [1.82, 2.24) is 10.2 Å². The summed E-state index contributed by atoms with van der Waals surface area (Å²) in [6.07, 6.45) is 4.21. The number of nitrogens with one attached hydrogen (secondary N) is 1. The molecular weight excluding hydrogens is 324 g/mol. The van der Waals surface area contributed by atoms with E-state index in [0.29, 0.717) is 18.0 Å². The fraction of sp³-hybridized carbons (Fsp3) is 0.273. The van der Waals surface area contributed by atoms with E-state index in [1.54, 1.807) is 32.3 Å². The van der Waals surface area contributed by atoms with Gasteiger partial charge in [0.05, 0.1) is 0 Å². The van der Waals surface area contributed by atoms with Crippen LogP contribution in [0.15, 0.2) is 60.7 Å². The minimum Gasteiger partial charge on any atom is -0.352 e. The first-order chi connectivity index (χ1) is 12.5. The van der Waals surface area contributed by atoms with E-state index in [2.05, 4.69) is 24.4 Å². The third-order valence-corrected chi connectivity index (χ3v) is 4.04. The number of benzene rings is 2. The van der Waals surface area contributed by atoms with Crippen LogP contribution in [0.5, 0.6) is 0 Å². The SMILES string of the molecule is CC(CNC(=O)/C=C/c1ccc(C(=O)N(C)C)cc1)Cc1ccccc1. The molecule has 0 fully saturated rings. The molecule has 0 aliphatic heterocycles. The van der Waals surface area contributed by atoms with Crippen LogP contribution in [-0.4, -0.2) is 37.4 Å². The molecular formula is C22H26N2O2. The molecule has 0 heterocycles. The Morgan fingerprint density at radius 2 is 1.69 bits per heavy atom. The highest BCUT2D eigenvalue weighted by molar-refractivity contribution is 5.94. The van der Waals surface area contributed by atoms with Gasteiger partial charge in [0.1, 0.15) is 0 Å². The van der Waals surface area contributed by atoms with Crippen LogP contribution in [0, 0.1) is 5.92 Å². The monoisotopic (exact) mass is 350 g/mol. The molecule has 0 saturated carbocycles. The maximum atomic E-state index is 12.0. The first-order valence-corrected chi connectivity index (χ1v) is 8.77. The Morgan fingerprint density at radius 3 is 2.31 bits per heavy atom. The zero-order chi connectivity index (χ0) is 18.9. The summed E-state index contributed by atoms with van der Waals surface area (Å²) in [5, 5.41) is 2.93. The highest BCUT2D eigenvalue weighted by atomic mass is 16.2. The van der Waals surface area contributed by atoms with Gasteiger partial charge in [-0.3, -0.25) is 9.59 Å². The van der Waals surface area contributed by atoms with Crippen molar-refractivity contribution >= 4 is 17.9 Å². The van der Waals surface area contributed by atoms with Crippen molar-refractivity contribution in [3.63, 3.8) is 0 Å². The minimum absolute atomic E-state index is 0.0364. The molecule has 0 saturated heterocycles. The van der Waals surface area contributed by atoms with Gasteiger partial charge in [0.15, 0.2) is 0 Å². The van der Waals surface area contributed by atoms with E-state index >= 15 is 0 Å². The van der Waals surface area contributed by atoms with Gasteiger partial charge in [0, 0.05) is 32.3 Å². The van der Waals surface area contributed by atoms with Crippen LogP contribution in [0.3, 0.4) is 0 Å². The van der Waals surface area contributed by atoms with E-state index in [1.165, 1.54) is 16.5 Å². The maximum Gasteiger partial charge on any atom is 0.253 e. The van der Waals surface area contributed by atoms with Crippen LogP contribution in [0.1, 0.15) is 28.4 Å². The molecule has 26 heavy (non-hydrogen) atoms. The Morgan fingerprint density at radius 1 is 1.04 bits per heavy atom. The lowest BCUT2D eigenvalue weighted by molar-refractivity contribution is -0.116. The minimum atomic E-state index is -0.113. The molecule has 0 bridgehead atoms. The Kier molecular flexibility index (Phi) is 7.15. The standard InChI is InChI=1S/C22H26N2O2/c1-17(15-19-7-5-4-6-8-19)16-23-21(25)14-11-18-9-12-20(13-10-18)22(26)24(2)3/h4-14,17H,15-16H2,1-3H3,(H,23,25)/b14-11+. The second-order valence-electron chi connectivity index (χ2n) is 6.69. The molecule has 2 rings (SSSR count). The van der Waals surface area contributed by atoms with E-state index in [0.717, 1.165) is 12.0 Å². The molecule has 4 nitrogen and oxygen atoms in total. The quantitative estimate of drug-likeness (QED) is 0.778. The molecule has 0 aliphatic rings. The summed E-state index contributed by atoms with van der Waals surface area (Å²) in [6, 6.07) is 17.5. The fourth-order valence-electron chi connectivity index (χ4n) is 2.59. The van der Waals surface area contributed by atoms with Crippen LogP contribution < -0.4 is 5.32 Å². The number of hydrogen-bond donors (Lipinski definition) is 1. The topological polar surface area (TPSA) is 49.4 Å². The molecule has 2 aromatic carbocycles. The number of nitrogens with zero attached hydrogens (tertiary/aromatic N) is 1. The highest BCUT2D eigenvalue weighted by Crippen LogP contribution is 2.09. The van der Waals surface area contributed by atoms with Crippen molar-refractivity contribution in [1.29, 1.82) is 0 Å². The molecule has 1 unspecified atom stereocenters. The lowest BCUT2D eigenvalue weighted by atomic mass is 10.0. The van der Waals surface area contributed by atoms with Crippen molar-refractivity contribution in [2.45, 2.75) is 13.3 Å². The summed E-state index contributed by atoms with van der Waals surface area (Å²) in [7, 11) is 3.44. The number of carbonyl (C=O) groups excluding carboxylic acids is 2. The predicted octanol–water partition coefficient (Wildman–Crippen LogP) is 3.40. The molecule has 0 spiro atoms. The van der Waals surface area contributed by atoms with Gasteiger partial charge in [0.25, 0.3) is 5.91 Å². The average Bonchev–Trinajstić information content (AvgIpc) is 2.65. The smallest absolute Gasteiger partial charge is 0.253 e. The molecule has 4 heteroatoms. The van der Waals surface area contributed by atoms with Gasteiger partial charge in [-0.2, -0.15) is 0 Å². The Hall–Kier alpha value is -2.88. The lowest BCUT2D eigenvalue weighted by Crippen LogP contribution is -2.27. The molecule has 1 N–H and O–H groups in total. The van der Waals surface area contributed by atoms with E-state index in [-0.39, 0.29) is 11.8 Å². The Labute approximate surface area is 155 Å². The average molecular weight is 350 g/mol. The summed E-state index contributed by atoms with van der Waals surface area (Å²) >= 11 is 0. The van der Waals surface area contributed by atoms with Gasteiger partial charge in [-0.05, 0) is 41.7 Å². The highest BCUT2D eigenvalue weighted by Gasteiger charge is 2.07. The van der Waals surface area contributed by atoms with Crippen molar-refractivity contribution in [2.24, 2.45) is 5.92 Å². The largest absolute Gasteiger partial charge is 0.352 e. The molecule has 0 aliphatic carbocycles. The predicted molar refractivity (Wildman–Crippen MR) is 106 cm³/mol. The fourth-order valence-corrected chi connectivity index (χ4v) is 2.59. The number of rotatable bonds is 7. The summed E-state index contributed by atoms with van der Waals surface area (Å²) in [4.78, 5) is 25.4. The zero-order valence-corrected chi connectivity index (χ0v) is 15.6. The Balaban J connectivity index is 1.80. The Bertz CT molecular complexity index is 749. The maximum absolute atomic E-state index is 12.0. The van der Waals surface area contributed by atoms with Gasteiger partial charge in [-0.1, -0.05) is 49.4 Å². The summed E-state index contributed by atoms with van der Waals surface area (Å²) in [5.41, 5.74) is 2.79. The van der Waals surface area contributed by atoms with Crippen molar-refractivity contribution < 1.29 is 9.59 Å². The summed E-state index contributed by atoms with van der Waals surface area (Å²) < 4.78 is 0. The van der Waals surface area contributed by atoms with E-state index < -0.39 is 0 Å². The third-order valence-electron chi connectivity index (χ3n) is 4.04. The number of carbonyl (C=O) groups is 2. The number of amides is 2. The van der Waals surface area contributed by atoms with Gasteiger partial charge < -0.3 is 10.2 Å². The zero-order valence-electron chi connectivity index (χ0n) is 15.6. The lowest BCUT2D eigenvalue weighted by Gasteiger charge is -2.11. The van der Waals surface area contributed by atoms with Crippen LogP contribution in [-0.2, 0) is 11.2 Å². The second-order valence-corrected chi connectivity index (χ2v) is 6.69. The first-order valence-electron chi connectivity index (χ1n) is 8.77. The van der Waals surface area contributed by atoms with E-state index in [9.17, 15) is 9.59 Å². The van der Waals surface area contributed by atoms with Crippen LogP contribution in [0.2, 0.25) is 0 Å². The van der Waals surface area contributed by atoms with Crippen molar-refractivity contribution in [3.05, 3.63) is 77.4 Å². The first kappa shape index (κ1) is 19.4. The summed E-state index contributed by atoms with van der Waals surface area (Å²) in [5.74, 6) is 0.218. The van der Waals surface area contributed by atoms with Gasteiger partial charge in [0.2, 0.25) is 5.91 Å². The van der Waals surface area contributed by atoms with Crippen molar-refractivity contribution in [2.75, 3.05) is 20.6 Å². The van der Waals surface area contributed by atoms with Gasteiger partial charge in [-0.15, -0.1) is 0 Å². The molecule has 136 valence electrons. The molecule has 2 aromatic rings. The van der Waals surface area contributed by atoms with Crippen LogP contribution >= 0.6 is 0 Å². The molecule has 0 aromatic heterocycles. The van der Waals surface area contributed by atoms with Crippen LogP contribution in [0.25, 0.3) is 6.08 Å². The second kappa shape index (κ2) is 9.56. The van der Waals surface area contributed by atoms with E-state index in [4.69, 9.17) is 0 Å². The third kappa shape index (κ3) is 6.20. The van der Waals surface area contributed by atoms with Gasteiger partial charge >= 0.3 is 0 Å². The van der Waals surface area contributed by atoms with E-state index in [1.807, 2.05) is 30.3 Å². The summed E-state index contributed by atoms with van der Waals surface area (Å²) in [6.45, 7) is 2.76. The molecule has 2 amide bonds. The van der Waals surface area contributed by atoms with Crippen molar-refractivity contribution in [3.8, 4) is 0 Å². The normalized spacial score (nSPS) is 12.0. The number of hydrogen-bond acceptors (Lipinski definition) is 2. The van der Waals surface area contributed by atoms with Gasteiger partial charge in [-0.25, -0.2) is 0 Å².